The number of imidazole rings is 1. The minimum atomic E-state index is -0.303. The van der Waals surface area contributed by atoms with Crippen molar-refractivity contribution in [2.75, 3.05) is 6.61 Å². The van der Waals surface area contributed by atoms with E-state index < -0.39 is 0 Å². The Kier molecular flexibility index (Phi) is 4.09. The van der Waals surface area contributed by atoms with Crippen LogP contribution in [-0.2, 0) is 6.42 Å². The molecule has 1 aromatic heterocycles. The Morgan fingerprint density at radius 1 is 1.39 bits per heavy atom. The van der Waals surface area contributed by atoms with Gasteiger partial charge in [0.2, 0.25) is 0 Å². The zero-order valence-electron chi connectivity index (χ0n) is 9.84. The molecule has 5 nitrogen and oxygen atoms in total. The summed E-state index contributed by atoms with van der Waals surface area (Å²) in [4.78, 5) is 18.3. The van der Waals surface area contributed by atoms with Gasteiger partial charge < -0.3 is 15.4 Å². The van der Waals surface area contributed by atoms with Gasteiger partial charge in [0.05, 0.1) is 25.2 Å². The van der Waals surface area contributed by atoms with Crippen LogP contribution in [-0.4, -0.2) is 33.6 Å². The lowest BCUT2D eigenvalue weighted by Gasteiger charge is -2.15. The highest BCUT2D eigenvalue weighted by Crippen LogP contribution is 2.03. The third kappa shape index (κ3) is 3.18. The van der Waals surface area contributed by atoms with Crippen LogP contribution in [0.25, 0.3) is 0 Å². The molecule has 0 saturated heterocycles. The standard InChI is InChI=1S/C13H15N3O2/c17-8-11(6-10-4-2-1-3-5-10)16-13(18)12-7-14-9-15-12/h1-5,7,9,11,17H,6,8H2,(H,14,15)(H,16,18). The molecule has 0 saturated carbocycles. The van der Waals surface area contributed by atoms with Crippen LogP contribution in [0.2, 0.25) is 0 Å². The molecular formula is C13H15N3O2. The number of carbonyl (C=O) groups excluding carboxylic acids is 1. The molecule has 1 aromatic carbocycles. The van der Waals surface area contributed by atoms with Crippen molar-refractivity contribution in [2.24, 2.45) is 0 Å². The van der Waals surface area contributed by atoms with E-state index in [1.54, 1.807) is 0 Å². The maximum Gasteiger partial charge on any atom is 0.269 e. The van der Waals surface area contributed by atoms with Gasteiger partial charge in [-0.3, -0.25) is 4.79 Å². The quantitative estimate of drug-likeness (QED) is 0.727. The van der Waals surface area contributed by atoms with Crippen LogP contribution < -0.4 is 5.32 Å². The third-order valence-electron chi connectivity index (χ3n) is 2.62. The number of nitrogens with one attached hydrogen (secondary N) is 2. The van der Waals surface area contributed by atoms with E-state index in [1.807, 2.05) is 30.3 Å². The van der Waals surface area contributed by atoms with Gasteiger partial charge in [-0.2, -0.15) is 0 Å². The molecule has 94 valence electrons. The molecule has 0 aliphatic carbocycles. The minimum Gasteiger partial charge on any atom is -0.394 e. The van der Waals surface area contributed by atoms with Crippen molar-refractivity contribution in [1.29, 1.82) is 0 Å². The zero-order valence-corrected chi connectivity index (χ0v) is 9.84. The number of aromatic nitrogens is 2. The van der Waals surface area contributed by atoms with Gasteiger partial charge in [0.25, 0.3) is 5.91 Å². The number of benzene rings is 1. The van der Waals surface area contributed by atoms with Crippen molar-refractivity contribution in [3.63, 3.8) is 0 Å². The lowest BCUT2D eigenvalue weighted by molar-refractivity contribution is 0.0912. The van der Waals surface area contributed by atoms with Gasteiger partial charge in [0.1, 0.15) is 5.69 Å². The zero-order chi connectivity index (χ0) is 12.8. The lowest BCUT2D eigenvalue weighted by atomic mass is 10.1. The number of hydrogen-bond acceptors (Lipinski definition) is 3. The molecule has 0 aliphatic rings. The van der Waals surface area contributed by atoms with E-state index in [4.69, 9.17) is 0 Å². The van der Waals surface area contributed by atoms with E-state index in [2.05, 4.69) is 15.3 Å². The van der Waals surface area contributed by atoms with Crippen molar-refractivity contribution in [1.82, 2.24) is 15.3 Å². The van der Waals surface area contributed by atoms with E-state index in [0.717, 1.165) is 5.56 Å². The summed E-state index contributed by atoms with van der Waals surface area (Å²) in [6.07, 6.45) is 3.49. The number of carbonyl (C=O) groups is 1. The van der Waals surface area contributed by atoms with Crippen LogP contribution in [0.5, 0.6) is 0 Å². The van der Waals surface area contributed by atoms with Crippen LogP contribution in [0, 0.1) is 0 Å². The van der Waals surface area contributed by atoms with Gasteiger partial charge in [-0.05, 0) is 12.0 Å². The molecule has 1 unspecified atom stereocenters. The Bertz CT molecular complexity index is 482. The largest absolute Gasteiger partial charge is 0.394 e. The summed E-state index contributed by atoms with van der Waals surface area (Å²) in [6.45, 7) is -0.102. The van der Waals surface area contributed by atoms with Gasteiger partial charge >= 0.3 is 0 Å². The summed E-state index contributed by atoms with van der Waals surface area (Å²) in [7, 11) is 0. The number of amides is 1. The average Bonchev–Trinajstić information content (AvgIpc) is 2.93. The van der Waals surface area contributed by atoms with E-state index in [1.165, 1.54) is 12.5 Å². The molecule has 0 spiro atoms. The Balaban J connectivity index is 1.96. The van der Waals surface area contributed by atoms with E-state index >= 15 is 0 Å². The second-order valence-electron chi connectivity index (χ2n) is 4.01. The fraction of sp³-hybridized carbons (Fsp3) is 0.231. The summed E-state index contributed by atoms with van der Waals surface area (Å²) >= 11 is 0. The summed E-state index contributed by atoms with van der Waals surface area (Å²) in [5, 5.41) is 12.1. The van der Waals surface area contributed by atoms with Crippen molar-refractivity contribution < 1.29 is 9.90 Å². The number of aliphatic hydroxyl groups excluding tert-OH is 1. The molecule has 1 heterocycles. The molecule has 3 N–H and O–H groups in total. The highest BCUT2D eigenvalue weighted by Gasteiger charge is 2.14. The van der Waals surface area contributed by atoms with Crippen LogP contribution in [0.15, 0.2) is 42.9 Å². The summed E-state index contributed by atoms with van der Waals surface area (Å²) < 4.78 is 0. The Hall–Kier alpha value is -2.14. The predicted octanol–water partition coefficient (Wildman–Crippen LogP) is 0.743. The average molecular weight is 245 g/mol. The number of H-pyrrole nitrogens is 1. The highest BCUT2D eigenvalue weighted by atomic mass is 16.3. The van der Waals surface area contributed by atoms with Gasteiger partial charge in [0, 0.05) is 0 Å². The number of aliphatic hydroxyl groups is 1. The third-order valence-corrected chi connectivity index (χ3v) is 2.62. The van der Waals surface area contributed by atoms with E-state index in [-0.39, 0.29) is 18.6 Å². The van der Waals surface area contributed by atoms with E-state index in [0.29, 0.717) is 12.1 Å². The Labute approximate surface area is 105 Å². The van der Waals surface area contributed by atoms with Crippen LogP contribution >= 0.6 is 0 Å². The Morgan fingerprint density at radius 3 is 2.78 bits per heavy atom. The molecule has 2 aromatic rings. The molecule has 2 rings (SSSR count). The molecule has 0 radical (unpaired) electrons. The number of hydrogen-bond donors (Lipinski definition) is 3. The molecular weight excluding hydrogens is 230 g/mol. The van der Waals surface area contributed by atoms with Crippen molar-refractivity contribution in [2.45, 2.75) is 12.5 Å². The topological polar surface area (TPSA) is 78.0 Å². The van der Waals surface area contributed by atoms with Crippen LogP contribution in [0.3, 0.4) is 0 Å². The first-order valence-corrected chi connectivity index (χ1v) is 5.73. The second-order valence-corrected chi connectivity index (χ2v) is 4.01. The van der Waals surface area contributed by atoms with Gasteiger partial charge in [0.15, 0.2) is 0 Å². The highest BCUT2D eigenvalue weighted by molar-refractivity contribution is 5.92. The van der Waals surface area contributed by atoms with Gasteiger partial charge in [-0.1, -0.05) is 30.3 Å². The lowest BCUT2D eigenvalue weighted by Crippen LogP contribution is -2.39. The minimum absolute atomic E-state index is 0.102. The monoisotopic (exact) mass is 245 g/mol. The van der Waals surface area contributed by atoms with Crippen molar-refractivity contribution >= 4 is 5.91 Å². The SMILES string of the molecule is O=C(NC(CO)Cc1ccccc1)c1cnc[nH]1. The fourth-order valence-electron chi connectivity index (χ4n) is 1.70. The van der Waals surface area contributed by atoms with Crippen molar-refractivity contribution in [3.05, 3.63) is 54.1 Å². The molecule has 1 atom stereocenters. The number of aromatic amines is 1. The maximum absolute atomic E-state index is 11.8. The van der Waals surface area contributed by atoms with Crippen molar-refractivity contribution in [3.8, 4) is 0 Å². The molecule has 18 heavy (non-hydrogen) atoms. The second kappa shape index (κ2) is 5.97. The first kappa shape index (κ1) is 12.3. The summed E-state index contributed by atoms with van der Waals surface area (Å²) in [5.74, 6) is -0.262. The molecule has 0 aliphatic heterocycles. The molecule has 5 heteroatoms. The van der Waals surface area contributed by atoms with Crippen LogP contribution in [0.4, 0.5) is 0 Å². The molecule has 0 bridgehead atoms. The first-order valence-electron chi connectivity index (χ1n) is 5.73. The first-order chi connectivity index (χ1) is 8.79. The Morgan fingerprint density at radius 2 is 2.17 bits per heavy atom. The van der Waals surface area contributed by atoms with Gasteiger partial charge in [-0.15, -0.1) is 0 Å². The maximum atomic E-state index is 11.8. The van der Waals surface area contributed by atoms with Crippen LogP contribution in [0.1, 0.15) is 16.1 Å². The number of rotatable bonds is 5. The predicted molar refractivity (Wildman–Crippen MR) is 67.1 cm³/mol. The number of nitrogens with zero attached hydrogens (tertiary/aromatic N) is 1. The fourth-order valence-corrected chi connectivity index (χ4v) is 1.70. The summed E-state index contributed by atoms with van der Waals surface area (Å²) in [5.41, 5.74) is 1.46. The molecule has 1 amide bonds. The normalized spacial score (nSPS) is 12.1. The smallest absolute Gasteiger partial charge is 0.269 e. The van der Waals surface area contributed by atoms with E-state index in [9.17, 15) is 9.90 Å². The summed E-state index contributed by atoms with van der Waals surface area (Å²) in [6, 6.07) is 9.42. The van der Waals surface area contributed by atoms with Gasteiger partial charge in [-0.25, -0.2) is 4.98 Å². The molecule has 0 fully saturated rings.